The topological polar surface area (TPSA) is 96.6 Å². The van der Waals surface area contributed by atoms with E-state index in [2.05, 4.69) is 26.3 Å². The smallest absolute Gasteiger partial charge is 0.165 e. The van der Waals surface area contributed by atoms with Crippen LogP contribution in [0, 0.1) is 11.3 Å². The van der Waals surface area contributed by atoms with Crippen LogP contribution in [0.4, 0.5) is 11.5 Å². The first-order chi connectivity index (χ1) is 16.6. The molecule has 0 aliphatic heterocycles. The molecule has 7 nitrogen and oxygen atoms in total. The van der Waals surface area contributed by atoms with E-state index >= 15 is 0 Å². The molecular formula is C26H23ClN6O. The molecule has 1 fully saturated rings. The van der Waals surface area contributed by atoms with Crippen molar-refractivity contribution < 1.29 is 4.74 Å². The third-order valence-corrected chi connectivity index (χ3v) is 6.47. The van der Waals surface area contributed by atoms with Gasteiger partial charge in [0.1, 0.15) is 18.1 Å². The van der Waals surface area contributed by atoms with Crippen molar-refractivity contribution >= 4 is 34.1 Å². The Kier molecular flexibility index (Phi) is 6.10. The minimum Gasteiger partial charge on any atom is -0.374 e. The summed E-state index contributed by atoms with van der Waals surface area (Å²) in [5.74, 6) is 1.17. The molecule has 170 valence electrons. The van der Waals surface area contributed by atoms with E-state index in [1.807, 2.05) is 43.3 Å². The van der Waals surface area contributed by atoms with Gasteiger partial charge in [-0.05, 0) is 68.1 Å². The zero-order valence-corrected chi connectivity index (χ0v) is 19.5. The molecule has 0 amide bonds. The summed E-state index contributed by atoms with van der Waals surface area (Å²) in [5, 5.41) is 14.3. The highest BCUT2D eigenvalue weighted by molar-refractivity contribution is 6.32. The Hall–Kier alpha value is -3.60. The first-order valence-corrected chi connectivity index (χ1v) is 11.6. The lowest BCUT2D eigenvalue weighted by molar-refractivity contribution is 0.128. The summed E-state index contributed by atoms with van der Waals surface area (Å²) in [6.07, 6.45) is 4.62. The maximum atomic E-state index is 9.62. The van der Waals surface area contributed by atoms with Crippen molar-refractivity contribution in [2.45, 2.75) is 38.2 Å². The second-order valence-electron chi connectivity index (χ2n) is 8.28. The molecular weight excluding hydrogens is 448 g/mol. The van der Waals surface area contributed by atoms with Gasteiger partial charge in [-0.15, -0.1) is 0 Å². The van der Waals surface area contributed by atoms with Gasteiger partial charge in [-0.1, -0.05) is 23.7 Å². The number of ether oxygens (including phenoxy) is 1. The number of nitrogens with one attached hydrogen (secondary N) is 1. The van der Waals surface area contributed by atoms with E-state index in [4.69, 9.17) is 21.3 Å². The van der Waals surface area contributed by atoms with Crippen LogP contribution in [-0.2, 0) is 16.8 Å². The lowest BCUT2D eigenvalue weighted by Crippen LogP contribution is -2.32. The summed E-state index contributed by atoms with van der Waals surface area (Å²) in [4.78, 5) is 18.4. The van der Waals surface area contributed by atoms with Gasteiger partial charge in [-0.3, -0.25) is 4.98 Å². The molecule has 1 saturated carbocycles. The van der Waals surface area contributed by atoms with Crippen LogP contribution < -0.4 is 5.32 Å². The van der Waals surface area contributed by atoms with Crippen LogP contribution in [0.5, 0.6) is 0 Å². The van der Waals surface area contributed by atoms with Gasteiger partial charge < -0.3 is 10.1 Å². The summed E-state index contributed by atoms with van der Waals surface area (Å²) in [7, 11) is 0. The summed E-state index contributed by atoms with van der Waals surface area (Å²) < 4.78 is 5.55. The van der Waals surface area contributed by atoms with Crippen LogP contribution in [0.1, 0.15) is 37.6 Å². The average Bonchev–Trinajstić information content (AvgIpc) is 2.83. The van der Waals surface area contributed by atoms with Crippen molar-refractivity contribution in [2.75, 3.05) is 11.9 Å². The second kappa shape index (κ2) is 9.34. The molecule has 5 rings (SSSR count). The van der Waals surface area contributed by atoms with Crippen LogP contribution in [0.2, 0.25) is 5.02 Å². The number of pyridine rings is 2. The summed E-state index contributed by atoms with van der Waals surface area (Å²) in [6, 6.07) is 17.9. The number of nitrogens with zero attached hydrogens (tertiary/aromatic N) is 5. The molecule has 3 aromatic heterocycles. The third-order valence-electron chi connectivity index (χ3n) is 6.16. The Morgan fingerprint density at radius 1 is 1.09 bits per heavy atom. The maximum Gasteiger partial charge on any atom is 0.165 e. The van der Waals surface area contributed by atoms with Gasteiger partial charge in [-0.25, -0.2) is 15.0 Å². The molecule has 8 heteroatoms. The molecule has 0 spiro atoms. The Morgan fingerprint density at radius 3 is 2.59 bits per heavy atom. The van der Waals surface area contributed by atoms with E-state index in [1.54, 1.807) is 18.3 Å². The monoisotopic (exact) mass is 470 g/mol. The first kappa shape index (κ1) is 22.2. The highest BCUT2D eigenvalue weighted by Crippen LogP contribution is 2.43. The molecule has 1 aromatic carbocycles. The van der Waals surface area contributed by atoms with Gasteiger partial charge in [0.25, 0.3) is 0 Å². The van der Waals surface area contributed by atoms with Gasteiger partial charge in [0, 0.05) is 18.5 Å². The van der Waals surface area contributed by atoms with Crippen LogP contribution in [-0.4, -0.2) is 26.5 Å². The fourth-order valence-corrected chi connectivity index (χ4v) is 4.34. The Morgan fingerprint density at radius 2 is 1.91 bits per heavy atom. The van der Waals surface area contributed by atoms with E-state index in [-0.39, 0.29) is 12.0 Å². The lowest BCUT2D eigenvalue weighted by atomic mass is 9.65. The van der Waals surface area contributed by atoms with Crippen molar-refractivity contribution in [1.29, 1.82) is 5.26 Å². The van der Waals surface area contributed by atoms with Crippen molar-refractivity contribution in [3.63, 3.8) is 0 Å². The van der Waals surface area contributed by atoms with Gasteiger partial charge >= 0.3 is 0 Å². The SMILES string of the molecule is CCOCc1nc(Nc2ccc(C3(C#N)CCC3)cc2)c2ccc(-c3ncccc3Cl)nc2n1. The predicted molar refractivity (Wildman–Crippen MR) is 132 cm³/mol. The number of aromatic nitrogens is 4. The summed E-state index contributed by atoms with van der Waals surface area (Å²) in [6.45, 7) is 2.77. The quantitative estimate of drug-likeness (QED) is 0.355. The van der Waals surface area contributed by atoms with Crippen LogP contribution in [0.25, 0.3) is 22.4 Å². The molecule has 1 aliphatic rings. The van der Waals surface area contributed by atoms with E-state index in [9.17, 15) is 5.26 Å². The van der Waals surface area contributed by atoms with Crippen LogP contribution in [0.15, 0.2) is 54.7 Å². The van der Waals surface area contributed by atoms with E-state index < -0.39 is 0 Å². The number of fused-ring (bicyclic) bond motifs is 1. The molecule has 4 aromatic rings. The minimum atomic E-state index is -0.335. The van der Waals surface area contributed by atoms with Gasteiger partial charge in [0.2, 0.25) is 0 Å². The number of anilines is 2. The highest BCUT2D eigenvalue weighted by Gasteiger charge is 2.38. The van der Waals surface area contributed by atoms with Crippen molar-refractivity contribution in [3.05, 3.63) is 71.1 Å². The first-order valence-electron chi connectivity index (χ1n) is 11.3. The fraction of sp³-hybridized carbons (Fsp3) is 0.269. The zero-order chi connectivity index (χ0) is 23.5. The second-order valence-corrected chi connectivity index (χ2v) is 8.68. The molecule has 3 heterocycles. The minimum absolute atomic E-state index is 0.279. The Labute approximate surface area is 202 Å². The molecule has 1 aliphatic carbocycles. The van der Waals surface area contributed by atoms with E-state index in [0.29, 0.717) is 40.3 Å². The number of halogens is 1. The van der Waals surface area contributed by atoms with Gasteiger partial charge in [0.15, 0.2) is 11.5 Å². The van der Waals surface area contributed by atoms with Crippen molar-refractivity contribution in [2.24, 2.45) is 0 Å². The summed E-state index contributed by atoms with van der Waals surface area (Å²) >= 11 is 6.33. The summed E-state index contributed by atoms with van der Waals surface area (Å²) in [5.41, 5.74) is 3.37. The van der Waals surface area contributed by atoms with Crippen molar-refractivity contribution in [3.8, 4) is 17.5 Å². The predicted octanol–water partition coefficient (Wildman–Crippen LogP) is 5.97. The highest BCUT2D eigenvalue weighted by atomic mass is 35.5. The van der Waals surface area contributed by atoms with Gasteiger partial charge in [0.05, 0.1) is 27.6 Å². The normalized spacial score (nSPS) is 14.4. The number of benzene rings is 1. The number of rotatable bonds is 7. The standard InChI is InChI=1S/C26H23ClN6O/c1-2-34-15-22-32-24(30-18-8-6-17(7-9-18)26(16-28)12-4-13-26)19-10-11-21(31-25(19)33-22)23-20(27)5-3-14-29-23/h3,5-11,14H,2,4,12-13,15H2,1H3,(H,30,31,32,33). The maximum absolute atomic E-state index is 9.62. The van der Waals surface area contributed by atoms with E-state index in [0.717, 1.165) is 35.9 Å². The molecule has 0 saturated heterocycles. The lowest BCUT2D eigenvalue weighted by Gasteiger charge is -2.35. The van der Waals surface area contributed by atoms with Crippen LogP contribution in [0.3, 0.4) is 0 Å². The molecule has 34 heavy (non-hydrogen) atoms. The molecule has 0 radical (unpaired) electrons. The zero-order valence-electron chi connectivity index (χ0n) is 18.8. The average molecular weight is 471 g/mol. The third kappa shape index (κ3) is 4.18. The number of hydrogen-bond donors (Lipinski definition) is 1. The molecule has 1 N–H and O–H groups in total. The van der Waals surface area contributed by atoms with Crippen LogP contribution >= 0.6 is 11.6 Å². The number of hydrogen-bond acceptors (Lipinski definition) is 7. The van der Waals surface area contributed by atoms with Gasteiger partial charge in [-0.2, -0.15) is 5.26 Å². The fourth-order valence-electron chi connectivity index (χ4n) is 4.12. The Bertz CT molecular complexity index is 1380. The van der Waals surface area contributed by atoms with Crippen molar-refractivity contribution in [1.82, 2.24) is 19.9 Å². The number of nitriles is 1. The Balaban J connectivity index is 1.51. The largest absolute Gasteiger partial charge is 0.374 e. The van der Waals surface area contributed by atoms with E-state index in [1.165, 1.54) is 0 Å². The molecule has 0 atom stereocenters. The molecule has 0 unspecified atom stereocenters. The molecule has 0 bridgehead atoms.